The summed E-state index contributed by atoms with van der Waals surface area (Å²) in [5.74, 6) is 0.650. The third-order valence-electron chi connectivity index (χ3n) is 4.32. The first-order valence-corrected chi connectivity index (χ1v) is 8.67. The number of hydrogen-bond acceptors (Lipinski definition) is 4. The van der Waals surface area contributed by atoms with Gasteiger partial charge in [-0.1, -0.05) is 18.2 Å². The molecule has 2 N–H and O–H groups in total. The lowest BCUT2D eigenvalue weighted by Gasteiger charge is -2.17. The molecule has 6 heteroatoms. The minimum atomic E-state index is -0.0596. The molecule has 3 rings (SSSR count). The van der Waals surface area contributed by atoms with Gasteiger partial charge >= 0.3 is 0 Å². The molecule has 0 atom stereocenters. The van der Waals surface area contributed by atoms with Crippen LogP contribution in [0.2, 0.25) is 0 Å². The van der Waals surface area contributed by atoms with E-state index in [1.165, 1.54) is 5.56 Å². The van der Waals surface area contributed by atoms with E-state index in [0.717, 1.165) is 30.8 Å². The zero-order valence-corrected chi connectivity index (χ0v) is 15.1. The van der Waals surface area contributed by atoms with Crippen molar-refractivity contribution in [2.45, 2.75) is 19.8 Å². The van der Waals surface area contributed by atoms with Gasteiger partial charge in [-0.25, -0.2) is 4.98 Å². The SMILES string of the molecule is Cc1[nH]ncc1CCCNc1cc(C(=O)N(C)c2ccccc2)ccn1. The van der Waals surface area contributed by atoms with Gasteiger partial charge in [0, 0.05) is 36.7 Å². The molecule has 0 bridgehead atoms. The summed E-state index contributed by atoms with van der Waals surface area (Å²) in [4.78, 5) is 18.6. The zero-order valence-electron chi connectivity index (χ0n) is 15.1. The van der Waals surface area contributed by atoms with Crippen molar-refractivity contribution in [3.8, 4) is 0 Å². The number of nitrogens with one attached hydrogen (secondary N) is 2. The van der Waals surface area contributed by atoms with E-state index in [4.69, 9.17) is 0 Å². The number of carbonyl (C=O) groups is 1. The predicted molar refractivity (Wildman–Crippen MR) is 104 cm³/mol. The average molecular weight is 349 g/mol. The number of para-hydroxylation sites is 1. The molecule has 0 radical (unpaired) electrons. The van der Waals surface area contributed by atoms with Crippen molar-refractivity contribution in [2.24, 2.45) is 0 Å². The number of amides is 1. The highest BCUT2D eigenvalue weighted by Gasteiger charge is 2.13. The highest BCUT2D eigenvalue weighted by atomic mass is 16.2. The van der Waals surface area contributed by atoms with Crippen LogP contribution in [-0.2, 0) is 6.42 Å². The molecule has 2 heterocycles. The van der Waals surface area contributed by atoms with Crippen molar-refractivity contribution in [2.75, 3.05) is 23.8 Å². The quantitative estimate of drug-likeness (QED) is 0.641. The monoisotopic (exact) mass is 349 g/mol. The molecule has 1 amide bonds. The van der Waals surface area contributed by atoms with Crippen molar-refractivity contribution in [3.05, 3.63) is 71.7 Å². The molecule has 134 valence electrons. The third kappa shape index (κ3) is 4.27. The maximum atomic E-state index is 12.7. The Morgan fingerprint density at radius 1 is 1.23 bits per heavy atom. The first kappa shape index (κ1) is 17.7. The lowest BCUT2D eigenvalue weighted by Crippen LogP contribution is -2.26. The molecule has 0 spiro atoms. The minimum Gasteiger partial charge on any atom is -0.370 e. The third-order valence-corrected chi connectivity index (χ3v) is 4.32. The van der Waals surface area contributed by atoms with Gasteiger partial charge in [-0.3, -0.25) is 9.89 Å². The van der Waals surface area contributed by atoms with Gasteiger partial charge in [-0.2, -0.15) is 5.10 Å². The smallest absolute Gasteiger partial charge is 0.258 e. The Morgan fingerprint density at radius 3 is 2.77 bits per heavy atom. The van der Waals surface area contributed by atoms with Crippen LogP contribution in [-0.4, -0.2) is 34.7 Å². The number of aromatic nitrogens is 3. The van der Waals surface area contributed by atoms with Gasteiger partial charge in [0.2, 0.25) is 0 Å². The van der Waals surface area contributed by atoms with Gasteiger partial charge in [0.1, 0.15) is 5.82 Å². The van der Waals surface area contributed by atoms with Crippen LogP contribution in [0.1, 0.15) is 28.0 Å². The summed E-state index contributed by atoms with van der Waals surface area (Å²) >= 11 is 0. The Hall–Kier alpha value is -3.15. The summed E-state index contributed by atoms with van der Waals surface area (Å²) < 4.78 is 0. The molecule has 26 heavy (non-hydrogen) atoms. The van der Waals surface area contributed by atoms with Gasteiger partial charge < -0.3 is 10.2 Å². The van der Waals surface area contributed by atoms with Crippen molar-refractivity contribution >= 4 is 17.4 Å². The largest absolute Gasteiger partial charge is 0.370 e. The van der Waals surface area contributed by atoms with Crippen molar-refractivity contribution in [3.63, 3.8) is 0 Å². The van der Waals surface area contributed by atoms with E-state index in [0.29, 0.717) is 11.4 Å². The van der Waals surface area contributed by atoms with E-state index in [2.05, 4.69) is 20.5 Å². The number of pyridine rings is 1. The fraction of sp³-hybridized carbons (Fsp3) is 0.250. The van der Waals surface area contributed by atoms with E-state index in [-0.39, 0.29) is 5.91 Å². The molecule has 0 saturated heterocycles. The van der Waals surface area contributed by atoms with Crippen LogP contribution >= 0.6 is 0 Å². The second-order valence-corrected chi connectivity index (χ2v) is 6.18. The number of anilines is 2. The molecular formula is C20H23N5O. The molecule has 3 aromatic rings. The number of nitrogens with zero attached hydrogens (tertiary/aromatic N) is 3. The molecule has 0 aliphatic heterocycles. The summed E-state index contributed by atoms with van der Waals surface area (Å²) in [5.41, 5.74) is 3.81. The second kappa shape index (κ2) is 8.29. The number of rotatable bonds is 7. The lowest BCUT2D eigenvalue weighted by atomic mass is 10.1. The Labute approximate surface area is 153 Å². The average Bonchev–Trinajstić information content (AvgIpc) is 3.10. The first-order chi connectivity index (χ1) is 12.6. The molecule has 0 saturated carbocycles. The zero-order chi connectivity index (χ0) is 18.4. The van der Waals surface area contributed by atoms with Gasteiger partial charge in [0.25, 0.3) is 5.91 Å². The van der Waals surface area contributed by atoms with Crippen LogP contribution < -0.4 is 10.2 Å². The molecule has 6 nitrogen and oxygen atoms in total. The second-order valence-electron chi connectivity index (χ2n) is 6.18. The van der Waals surface area contributed by atoms with Gasteiger partial charge in [0.15, 0.2) is 0 Å². The summed E-state index contributed by atoms with van der Waals surface area (Å²) in [6.07, 6.45) is 5.44. The van der Waals surface area contributed by atoms with Crippen LogP contribution in [0.4, 0.5) is 11.5 Å². The van der Waals surface area contributed by atoms with Crippen LogP contribution in [0.15, 0.2) is 54.9 Å². The Bertz CT molecular complexity index is 859. The number of benzene rings is 1. The highest BCUT2D eigenvalue weighted by Crippen LogP contribution is 2.16. The van der Waals surface area contributed by atoms with Crippen LogP contribution in [0.25, 0.3) is 0 Å². The van der Waals surface area contributed by atoms with E-state index < -0.39 is 0 Å². The first-order valence-electron chi connectivity index (χ1n) is 8.67. The molecule has 0 unspecified atom stereocenters. The summed E-state index contributed by atoms with van der Waals surface area (Å²) in [6, 6.07) is 13.1. The number of aromatic amines is 1. The van der Waals surface area contributed by atoms with Crippen molar-refractivity contribution in [1.82, 2.24) is 15.2 Å². The number of H-pyrrole nitrogens is 1. The number of carbonyl (C=O) groups excluding carboxylic acids is 1. The summed E-state index contributed by atoms with van der Waals surface area (Å²) in [5, 5.41) is 10.3. The molecule has 0 aliphatic carbocycles. The maximum Gasteiger partial charge on any atom is 0.258 e. The van der Waals surface area contributed by atoms with Gasteiger partial charge in [-0.15, -0.1) is 0 Å². The molecule has 0 fully saturated rings. The van der Waals surface area contributed by atoms with E-state index >= 15 is 0 Å². The Morgan fingerprint density at radius 2 is 2.04 bits per heavy atom. The Balaban J connectivity index is 1.57. The minimum absolute atomic E-state index is 0.0596. The van der Waals surface area contributed by atoms with Crippen molar-refractivity contribution < 1.29 is 4.79 Å². The van der Waals surface area contributed by atoms with E-state index in [9.17, 15) is 4.79 Å². The van der Waals surface area contributed by atoms with Crippen LogP contribution in [0.3, 0.4) is 0 Å². The number of hydrogen-bond donors (Lipinski definition) is 2. The number of aryl methyl sites for hydroxylation is 2. The fourth-order valence-corrected chi connectivity index (χ4v) is 2.75. The summed E-state index contributed by atoms with van der Waals surface area (Å²) in [6.45, 7) is 2.80. The van der Waals surface area contributed by atoms with E-state index in [1.807, 2.05) is 43.5 Å². The molecular weight excluding hydrogens is 326 g/mol. The van der Waals surface area contributed by atoms with Crippen LogP contribution in [0, 0.1) is 6.92 Å². The molecule has 2 aromatic heterocycles. The predicted octanol–water partition coefficient (Wildman–Crippen LogP) is 3.43. The molecule has 0 aliphatic rings. The molecule has 1 aromatic carbocycles. The highest BCUT2D eigenvalue weighted by molar-refractivity contribution is 6.06. The van der Waals surface area contributed by atoms with Crippen LogP contribution in [0.5, 0.6) is 0 Å². The normalized spacial score (nSPS) is 10.5. The van der Waals surface area contributed by atoms with Crippen molar-refractivity contribution in [1.29, 1.82) is 0 Å². The summed E-state index contributed by atoms with van der Waals surface area (Å²) in [7, 11) is 1.78. The topological polar surface area (TPSA) is 73.9 Å². The maximum absolute atomic E-state index is 12.7. The van der Waals surface area contributed by atoms with E-state index in [1.54, 1.807) is 30.3 Å². The standard InChI is InChI=1S/C20H23N5O/c1-15-17(14-23-24-15)7-6-11-21-19-13-16(10-12-22-19)20(26)25(2)18-8-4-3-5-9-18/h3-5,8-10,12-14H,6-7,11H2,1-2H3,(H,21,22)(H,23,24). The Kier molecular flexibility index (Phi) is 5.63. The van der Waals surface area contributed by atoms with Gasteiger partial charge in [0.05, 0.1) is 6.20 Å². The van der Waals surface area contributed by atoms with Gasteiger partial charge in [-0.05, 0) is 49.6 Å². The lowest BCUT2D eigenvalue weighted by molar-refractivity contribution is 0.0993. The fourth-order valence-electron chi connectivity index (χ4n) is 2.75.